The normalized spacial score (nSPS) is 19.3. The zero-order chi connectivity index (χ0) is 44.3. The molecule has 0 unspecified atom stereocenters. The maximum atomic E-state index is 14.0. The summed E-state index contributed by atoms with van der Waals surface area (Å²) >= 11 is 0. The molecule has 0 bridgehead atoms. The molecule has 62 heavy (non-hydrogen) atoms. The Morgan fingerprint density at radius 3 is 2.27 bits per heavy atom. The van der Waals surface area contributed by atoms with Crippen molar-refractivity contribution in [3.05, 3.63) is 88.1 Å². The highest BCUT2D eigenvalue weighted by atomic mass is 33.1. The third kappa shape index (κ3) is 9.34. The molecule has 0 aliphatic carbocycles. The van der Waals surface area contributed by atoms with Crippen LogP contribution in [0.1, 0.15) is 66.7 Å². The lowest BCUT2D eigenvalue weighted by atomic mass is 10.1. The minimum atomic E-state index is -1.49. The summed E-state index contributed by atoms with van der Waals surface area (Å²) in [6, 6.07) is 8.35. The van der Waals surface area contributed by atoms with Gasteiger partial charge in [-0.1, -0.05) is 35.1 Å². The first-order valence-electron chi connectivity index (χ1n) is 20.0. The molecule has 1 aromatic heterocycles. The number of amides is 3. The molecule has 17 nitrogen and oxygen atoms in total. The van der Waals surface area contributed by atoms with E-state index in [1.807, 2.05) is 0 Å². The quantitative estimate of drug-likeness (QED) is 0.0492. The third-order valence-corrected chi connectivity index (χ3v) is 13.9. The standard InChI is InChI=1S/C43H48N6O11S2/c1-25-15-27-21-45-30-19-36(34(56-5)17-28(30)39(50)46(27)22-25)58-13-8-7-9-14-59-37-20-32-29(18-35(37)57-6)40(51)47-23-26(2)16-33(47)41(52)48(32)42(53)60-24-43(3,4)62-61-38-31(49(54)55)11-10-12-44-38/h10-12,17-21,27,33,41,52H,1-2,7-9,13-16,22-24H2,3-6H3/t27-,33-,41-/m0/s1. The van der Waals surface area contributed by atoms with Gasteiger partial charge in [-0.2, -0.15) is 0 Å². The number of methoxy groups -OCH3 is 2. The predicted molar refractivity (Wildman–Crippen MR) is 234 cm³/mol. The van der Waals surface area contributed by atoms with E-state index in [0.717, 1.165) is 26.8 Å². The number of hydrogen-bond donors (Lipinski definition) is 1. The van der Waals surface area contributed by atoms with E-state index in [1.165, 1.54) is 60.4 Å². The number of rotatable bonds is 16. The number of nitrogens with zero attached hydrogens (tertiary/aromatic N) is 6. The van der Waals surface area contributed by atoms with E-state index < -0.39 is 33.9 Å². The first-order valence-corrected chi connectivity index (χ1v) is 22.1. The highest BCUT2D eigenvalue weighted by Crippen LogP contribution is 2.45. The summed E-state index contributed by atoms with van der Waals surface area (Å²) in [5.74, 6) is 0.899. The number of unbranched alkanes of at least 4 members (excludes halogenated alkanes) is 2. The number of carbonyl (C=O) groups is 3. The first kappa shape index (κ1) is 44.3. The van der Waals surface area contributed by atoms with E-state index in [1.54, 1.807) is 37.1 Å². The number of fused-ring (bicyclic) bond motifs is 4. The summed E-state index contributed by atoms with van der Waals surface area (Å²) in [5.41, 5.74) is 2.75. The molecule has 328 valence electrons. The van der Waals surface area contributed by atoms with Gasteiger partial charge in [-0.15, -0.1) is 0 Å². The Morgan fingerprint density at radius 1 is 0.935 bits per heavy atom. The molecule has 1 N–H and O–H groups in total. The zero-order valence-corrected chi connectivity index (χ0v) is 36.5. The molecule has 7 rings (SSSR count). The summed E-state index contributed by atoms with van der Waals surface area (Å²) in [5, 5.41) is 23.5. The predicted octanol–water partition coefficient (Wildman–Crippen LogP) is 7.39. The number of nitro groups is 1. The molecule has 3 amide bonds. The lowest BCUT2D eigenvalue weighted by molar-refractivity contribution is -0.388. The monoisotopic (exact) mass is 888 g/mol. The molecule has 3 atom stereocenters. The van der Waals surface area contributed by atoms with Gasteiger partial charge in [-0.05, 0) is 74.9 Å². The largest absolute Gasteiger partial charge is 0.493 e. The summed E-state index contributed by atoms with van der Waals surface area (Å²) in [6.45, 7) is 12.8. The second-order valence-corrected chi connectivity index (χ2v) is 18.7. The SMILES string of the molecule is C=C1C[C@H]2C=Nc3cc(OCCCCCOc4cc5c(cc4OC)C(=O)N4CC(=C)C[C@H]4[C@H](O)N5C(=O)OCC(C)(C)SSc4ncccc4[N+](=O)[O-])c(OC)cc3C(=O)N2C1. The van der Waals surface area contributed by atoms with Gasteiger partial charge in [0, 0.05) is 43.7 Å². The lowest BCUT2D eigenvalue weighted by Gasteiger charge is -2.32. The number of aliphatic hydroxyl groups is 1. The fourth-order valence-corrected chi connectivity index (χ4v) is 9.79. The average Bonchev–Trinajstić information content (AvgIpc) is 3.79. The van der Waals surface area contributed by atoms with E-state index in [4.69, 9.17) is 23.7 Å². The van der Waals surface area contributed by atoms with Crippen molar-refractivity contribution in [1.29, 1.82) is 0 Å². The summed E-state index contributed by atoms with van der Waals surface area (Å²) in [7, 11) is 5.30. The molecular weight excluding hydrogens is 841 g/mol. The molecular formula is C43H48N6O11S2. The maximum Gasteiger partial charge on any atom is 0.416 e. The number of benzene rings is 2. The van der Waals surface area contributed by atoms with Crippen molar-refractivity contribution in [2.24, 2.45) is 4.99 Å². The fourth-order valence-electron chi connectivity index (χ4n) is 7.60. The van der Waals surface area contributed by atoms with Crippen LogP contribution < -0.4 is 23.8 Å². The molecule has 2 fully saturated rings. The van der Waals surface area contributed by atoms with Crippen LogP contribution >= 0.6 is 21.6 Å². The zero-order valence-electron chi connectivity index (χ0n) is 34.9. The van der Waals surface area contributed by atoms with Gasteiger partial charge in [-0.25, -0.2) is 14.7 Å². The van der Waals surface area contributed by atoms with Gasteiger partial charge in [0.2, 0.25) is 0 Å². The molecule has 2 saturated heterocycles. The number of hydrogen-bond acceptors (Lipinski definition) is 15. The van der Waals surface area contributed by atoms with Gasteiger partial charge in [0.15, 0.2) is 34.3 Å². The Labute approximate surface area is 366 Å². The summed E-state index contributed by atoms with van der Waals surface area (Å²) < 4.78 is 28.5. The van der Waals surface area contributed by atoms with Crippen LogP contribution in [0.15, 0.2) is 76.9 Å². The maximum absolute atomic E-state index is 14.0. The van der Waals surface area contributed by atoms with E-state index in [2.05, 4.69) is 23.1 Å². The smallest absolute Gasteiger partial charge is 0.416 e. The summed E-state index contributed by atoms with van der Waals surface area (Å²) in [4.78, 5) is 65.4. The second kappa shape index (κ2) is 18.7. The Kier molecular flexibility index (Phi) is 13.3. The number of anilines is 1. The second-order valence-electron chi connectivity index (χ2n) is 15.8. The highest BCUT2D eigenvalue weighted by Gasteiger charge is 2.46. The van der Waals surface area contributed by atoms with Crippen molar-refractivity contribution in [3.63, 3.8) is 0 Å². The molecule has 0 radical (unpaired) electrons. The van der Waals surface area contributed by atoms with E-state index >= 15 is 0 Å². The van der Waals surface area contributed by atoms with Crippen LogP contribution in [0.4, 0.5) is 21.9 Å². The van der Waals surface area contributed by atoms with Gasteiger partial charge in [0.25, 0.3) is 11.8 Å². The van der Waals surface area contributed by atoms with E-state index in [0.29, 0.717) is 61.6 Å². The molecule has 0 spiro atoms. The van der Waals surface area contributed by atoms with Crippen LogP contribution in [0.3, 0.4) is 0 Å². The van der Waals surface area contributed by atoms with Gasteiger partial charge < -0.3 is 38.6 Å². The number of aliphatic hydroxyl groups excluding tert-OH is 1. The van der Waals surface area contributed by atoms with Gasteiger partial charge in [0.1, 0.15) is 6.61 Å². The van der Waals surface area contributed by atoms with Gasteiger partial charge in [0.05, 0.1) is 71.7 Å². The molecule has 0 saturated carbocycles. The third-order valence-electron chi connectivity index (χ3n) is 10.7. The van der Waals surface area contributed by atoms with Crippen LogP contribution in [0.25, 0.3) is 0 Å². The van der Waals surface area contributed by atoms with Crippen molar-refractivity contribution in [1.82, 2.24) is 14.8 Å². The molecule has 3 aromatic rings. The Hall–Kier alpha value is -5.79. The van der Waals surface area contributed by atoms with Crippen molar-refractivity contribution in [2.45, 2.75) is 74.0 Å². The highest BCUT2D eigenvalue weighted by molar-refractivity contribution is 8.77. The number of aromatic nitrogens is 1. The number of pyridine rings is 1. The van der Waals surface area contributed by atoms with Crippen molar-refractivity contribution in [3.8, 4) is 23.0 Å². The van der Waals surface area contributed by atoms with Crippen LogP contribution in [0.5, 0.6) is 23.0 Å². The van der Waals surface area contributed by atoms with Crippen LogP contribution in [-0.2, 0) is 4.74 Å². The number of aliphatic imine (C=N–C) groups is 1. The van der Waals surface area contributed by atoms with Gasteiger partial charge >= 0.3 is 11.8 Å². The summed E-state index contributed by atoms with van der Waals surface area (Å²) in [6.07, 6.45) is 3.82. The lowest BCUT2D eigenvalue weighted by Crippen LogP contribution is -2.51. The number of ether oxygens (including phenoxy) is 5. The van der Waals surface area contributed by atoms with Gasteiger partial charge in [-0.3, -0.25) is 24.7 Å². The Bertz CT molecular complexity index is 2320. The number of carbonyl (C=O) groups excluding carboxylic acids is 3. The fraction of sp³-hybridized carbons (Fsp3) is 0.419. The molecule has 19 heteroatoms. The topological polar surface area (TPSA) is 196 Å². The van der Waals surface area contributed by atoms with E-state index in [9.17, 15) is 29.6 Å². The van der Waals surface area contributed by atoms with Crippen molar-refractivity contribution >= 4 is 62.8 Å². The minimum Gasteiger partial charge on any atom is -0.493 e. The molecule has 5 heterocycles. The average molecular weight is 889 g/mol. The Balaban J connectivity index is 0.998. The minimum absolute atomic E-state index is 0.0900. The molecule has 2 aromatic carbocycles. The first-order chi connectivity index (χ1) is 29.7. The van der Waals surface area contributed by atoms with Crippen molar-refractivity contribution in [2.75, 3.05) is 52.0 Å². The van der Waals surface area contributed by atoms with Crippen molar-refractivity contribution < 1.29 is 48.1 Å². The molecule has 4 aliphatic heterocycles. The van der Waals surface area contributed by atoms with Crippen LogP contribution in [0.2, 0.25) is 0 Å². The van der Waals surface area contributed by atoms with Crippen LogP contribution in [-0.4, -0.2) is 119 Å². The van der Waals surface area contributed by atoms with E-state index in [-0.39, 0.29) is 71.6 Å². The molecule has 4 aliphatic rings. The van der Waals surface area contributed by atoms with Crippen LogP contribution in [0, 0.1) is 10.1 Å². The Morgan fingerprint density at radius 2 is 1.58 bits per heavy atom.